The van der Waals surface area contributed by atoms with Crippen molar-refractivity contribution >= 4 is 23.3 Å². The highest BCUT2D eigenvalue weighted by Crippen LogP contribution is 2.34. The van der Waals surface area contributed by atoms with Crippen LogP contribution in [0.3, 0.4) is 0 Å². The highest BCUT2D eigenvalue weighted by Gasteiger charge is 2.46. The Morgan fingerprint density at radius 1 is 1.31 bits per heavy atom. The van der Waals surface area contributed by atoms with Crippen LogP contribution < -0.4 is 0 Å². The lowest BCUT2D eigenvalue weighted by Crippen LogP contribution is -2.44. The van der Waals surface area contributed by atoms with Crippen molar-refractivity contribution in [2.45, 2.75) is 24.5 Å². The van der Waals surface area contributed by atoms with Gasteiger partial charge in [0.2, 0.25) is 0 Å². The monoisotopic (exact) mass is 405 g/mol. The number of ether oxygens (including phenoxy) is 3. The van der Waals surface area contributed by atoms with E-state index in [1.165, 1.54) is 6.33 Å². The second kappa shape index (κ2) is 8.67. The van der Waals surface area contributed by atoms with Gasteiger partial charge in [-0.1, -0.05) is 0 Å². The van der Waals surface area contributed by atoms with Crippen molar-refractivity contribution in [2.75, 3.05) is 54.1 Å². The SMILES string of the molecule is CO[C@H]1C(O)[C@@H](CN2CCOCC2)O[C@H]1n1cnc2c(/N=C/N(C)C)ncnc21. The van der Waals surface area contributed by atoms with Crippen molar-refractivity contribution in [1.29, 1.82) is 0 Å². The van der Waals surface area contributed by atoms with Crippen molar-refractivity contribution in [1.82, 2.24) is 29.3 Å². The molecule has 11 nitrogen and oxygen atoms in total. The Hall–Kier alpha value is -2.18. The van der Waals surface area contributed by atoms with Crippen molar-refractivity contribution in [3.8, 4) is 0 Å². The van der Waals surface area contributed by atoms with Gasteiger partial charge in [0.05, 0.1) is 25.9 Å². The third-order valence-corrected chi connectivity index (χ3v) is 5.15. The number of imidazole rings is 1. The molecule has 0 amide bonds. The number of morpholine rings is 1. The van der Waals surface area contributed by atoms with Crippen molar-refractivity contribution in [3.63, 3.8) is 0 Å². The van der Waals surface area contributed by atoms with E-state index in [0.29, 0.717) is 36.7 Å². The zero-order valence-electron chi connectivity index (χ0n) is 16.9. The Labute approximate surface area is 168 Å². The Morgan fingerprint density at radius 3 is 2.83 bits per heavy atom. The number of nitrogens with zero attached hydrogens (tertiary/aromatic N) is 7. The minimum absolute atomic E-state index is 0.381. The first kappa shape index (κ1) is 20.1. The van der Waals surface area contributed by atoms with Gasteiger partial charge in [-0.25, -0.2) is 19.9 Å². The lowest BCUT2D eigenvalue weighted by atomic mass is 10.1. The van der Waals surface area contributed by atoms with Gasteiger partial charge in [-0.15, -0.1) is 0 Å². The molecule has 2 aliphatic heterocycles. The van der Waals surface area contributed by atoms with Crippen LogP contribution in [-0.4, -0.2) is 113 Å². The van der Waals surface area contributed by atoms with Gasteiger partial charge in [-0.2, -0.15) is 0 Å². The summed E-state index contributed by atoms with van der Waals surface area (Å²) in [5, 5.41) is 10.8. The third-order valence-electron chi connectivity index (χ3n) is 5.15. The molecule has 4 heterocycles. The van der Waals surface area contributed by atoms with Crippen LogP contribution in [0.4, 0.5) is 5.82 Å². The molecule has 4 rings (SSSR count). The summed E-state index contributed by atoms with van der Waals surface area (Å²) in [7, 11) is 5.33. The molecule has 2 aromatic heterocycles. The van der Waals surface area contributed by atoms with Crippen LogP contribution in [0.5, 0.6) is 0 Å². The summed E-state index contributed by atoms with van der Waals surface area (Å²) in [6.45, 7) is 3.64. The van der Waals surface area contributed by atoms with Gasteiger partial charge in [0, 0.05) is 40.8 Å². The average molecular weight is 405 g/mol. The molecule has 0 spiro atoms. The molecule has 0 aromatic carbocycles. The van der Waals surface area contributed by atoms with Crippen LogP contribution in [0.25, 0.3) is 11.2 Å². The molecule has 158 valence electrons. The Kier molecular flexibility index (Phi) is 6.01. The summed E-state index contributed by atoms with van der Waals surface area (Å²) in [5.41, 5.74) is 1.15. The summed E-state index contributed by atoms with van der Waals surface area (Å²) in [5.74, 6) is 0.472. The lowest BCUT2D eigenvalue weighted by molar-refractivity contribution is -0.0603. The largest absolute Gasteiger partial charge is 0.387 e. The van der Waals surface area contributed by atoms with E-state index in [2.05, 4.69) is 24.8 Å². The number of aromatic nitrogens is 4. The Balaban J connectivity index is 1.59. The number of aliphatic imine (C=N–C) groups is 1. The van der Waals surface area contributed by atoms with E-state index in [4.69, 9.17) is 14.2 Å². The van der Waals surface area contributed by atoms with Gasteiger partial charge in [-0.05, 0) is 0 Å². The summed E-state index contributed by atoms with van der Waals surface area (Å²) < 4.78 is 19.0. The second-order valence-corrected chi connectivity index (χ2v) is 7.40. The zero-order valence-corrected chi connectivity index (χ0v) is 16.9. The number of rotatable bonds is 6. The van der Waals surface area contributed by atoms with E-state index in [1.807, 2.05) is 19.0 Å². The quantitative estimate of drug-likeness (QED) is 0.509. The smallest absolute Gasteiger partial charge is 0.184 e. The summed E-state index contributed by atoms with van der Waals surface area (Å²) in [6.07, 6.45) is 2.50. The van der Waals surface area contributed by atoms with Gasteiger partial charge < -0.3 is 24.2 Å². The van der Waals surface area contributed by atoms with E-state index in [0.717, 1.165) is 13.1 Å². The fraction of sp³-hybridized carbons (Fsp3) is 0.667. The van der Waals surface area contributed by atoms with Crippen LogP contribution in [0, 0.1) is 0 Å². The maximum absolute atomic E-state index is 10.8. The third kappa shape index (κ3) is 4.09. The Bertz CT molecular complexity index is 852. The van der Waals surface area contributed by atoms with E-state index < -0.39 is 18.4 Å². The minimum atomic E-state index is -0.765. The molecule has 1 unspecified atom stereocenters. The first-order chi connectivity index (χ1) is 14.1. The predicted octanol–water partition coefficient (Wildman–Crippen LogP) is -0.347. The van der Waals surface area contributed by atoms with Crippen molar-refractivity contribution < 1.29 is 19.3 Å². The number of fused-ring (bicyclic) bond motifs is 1. The maximum atomic E-state index is 10.8. The van der Waals surface area contributed by atoms with Gasteiger partial charge in [0.1, 0.15) is 24.6 Å². The number of methoxy groups -OCH3 is 1. The molecule has 2 fully saturated rings. The van der Waals surface area contributed by atoms with E-state index in [9.17, 15) is 5.11 Å². The molecule has 1 N–H and O–H groups in total. The van der Waals surface area contributed by atoms with Gasteiger partial charge in [-0.3, -0.25) is 9.47 Å². The Morgan fingerprint density at radius 2 is 2.10 bits per heavy atom. The molecular formula is C18H27N7O4. The molecule has 2 saturated heterocycles. The van der Waals surface area contributed by atoms with Gasteiger partial charge in [0.25, 0.3) is 0 Å². The number of hydrogen-bond donors (Lipinski definition) is 1. The molecule has 2 aliphatic rings. The fourth-order valence-corrected chi connectivity index (χ4v) is 3.68. The molecule has 2 aromatic rings. The van der Waals surface area contributed by atoms with E-state index in [-0.39, 0.29) is 6.10 Å². The van der Waals surface area contributed by atoms with Crippen LogP contribution in [0.2, 0.25) is 0 Å². The highest BCUT2D eigenvalue weighted by molar-refractivity contribution is 5.82. The number of aliphatic hydroxyl groups excluding tert-OH is 1. The molecule has 0 aliphatic carbocycles. The first-order valence-electron chi connectivity index (χ1n) is 9.63. The molecular weight excluding hydrogens is 378 g/mol. The second-order valence-electron chi connectivity index (χ2n) is 7.40. The van der Waals surface area contributed by atoms with Gasteiger partial charge >= 0.3 is 0 Å². The molecule has 0 bridgehead atoms. The minimum Gasteiger partial charge on any atom is -0.387 e. The van der Waals surface area contributed by atoms with E-state index >= 15 is 0 Å². The summed E-state index contributed by atoms with van der Waals surface area (Å²) >= 11 is 0. The van der Waals surface area contributed by atoms with Gasteiger partial charge in [0.15, 0.2) is 23.2 Å². The topological polar surface area (TPSA) is 110 Å². The standard InChI is InChI=1S/C18H27N7O4/c1-23(2)10-22-16-13-17(20-9-19-16)25(11-21-13)18-15(27-3)14(26)12(29-18)8-24-4-6-28-7-5-24/h9-12,14-15,18,26H,4-8H2,1-3H3/b22-10+/t12-,14?,15+,18-/m1/s1. The zero-order chi connectivity index (χ0) is 20.4. The molecule has 4 atom stereocenters. The fourth-order valence-electron chi connectivity index (χ4n) is 3.68. The lowest BCUT2D eigenvalue weighted by Gasteiger charge is -2.29. The molecule has 0 saturated carbocycles. The number of hydrogen-bond acceptors (Lipinski definition) is 9. The van der Waals surface area contributed by atoms with Crippen molar-refractivity contribution in [2.24, 2.45) is 4.99 Å². The maximum Gasteiger partial charge on any atom is 0.184 e. The normalized spacial score (nSPS) is 28.6. The van der Waals surface area contributed by atoms with Crippen LogP contribution in [0.15, 0.2) is 17.6 Å². The number of aliphatic hydroxyl groups is 1. The summed E-state index contributed by atoms with van der Waals surface area (Å²) in [4.78, 5) is 21.4. The predicted molar refractivity (Wildman–Crippen MR) is 105 cm³/mol. The van der Waals surface area contributed by atoms with Crippen LogP contribution in [0.1, 0.15) is 6.23 Å². The molecule has 29 heavy (non-hydrogen) atoms. The highest BCUT2D eigenvalue weighted by atomic mass is 16.6. The van der Waals surface area contributed by atoms with Crippen molar-refractivity contribution in [3.05, 3.63) is 12.7 Å². The first-order valence-corrected chi connectivity index (χ1v) is 9.63. The van der Waals surface area contributed by atoms with Crippen LogP contribution in [-0.2, 0) is 14.2 Å². The molecule has 11 heteroatoms. The average Bonchev–Trinajstić information content (AvgIpc) is 3.28. The molecule has 0 radical (unpaired) electrons. The van der Waals surface area contributed by atoms with E-state index in [1.54, 1.807) is 24.3 Å². The van der Waals surface area contributed by atoms with Crippen LogP contribution >= 0.6 is 0 Å². The summed E-state index contributed by atoms with van der Waals surface area (Å²) in [6, 6.07) is 0.